The molecule has 1 aromatic carbocycles. The lowest BCUT2D eigenvalue weighted by Gasteiger charge is -2.44. The van der Waals surface area contributed by atoms with E-state index in [1.165, 1.54) is 0 Å². The summed E-state index contributed by atoms with van der Waals surface area (Å²) in [5.41, 5.74) is -0.536. The summed E-state index contributed by atoms with van der Waals surface area (Å²) in [6.07, 6.45) is 1.72. The second-order valence-electron chi connectivity index (χ2n) is 5.60. The number of nitrogens with one attached hydrogen (secondary N) is 1. The summed E-state index contributed by atoms with van der Waals surface area (Å²) in [6.45, 7) is 4.46. The molecule has 0 aliphatic carbocycles. The van der Waals surface area contributed by atoms with Crippen molar-refractivity contribution >= 4 is 27.6 Å². The summed E-state index contributed by atoms with van der Waals surface area (Å²) in [5, 5.41) is 12.9. The van der Waals surface area contributed by atoms with Crippen LogP contribution in [0.5, 0.6) is 0 Å². The number of anilines is 1. The molecule has 2 N–H and O–H groups in total. The SMILES string of the molecule is CCC1(C)CC(Nc2ccc(Br)cc2)(C(=O)O)CCO1. The summed E-state index contributed by atoms with van der Waals surface area (Å²) in [4.78, 5) is 11.8. The first-order valence-corrected chi connectivity index (χ1v) is 7.60. The standard InChI is InChI=1S/C15H20BrNO3/c1-3-14(2)10-15(13(18)19,8-9-20-14)17-12-6-4-11(16)5-7-12/h4-7,17H,3,8-10H2,1-2H3,(H,18,19). The second-order valence-corrected chi connectivity index (χ2v) is 6.51. The fourth-order valence-corrected chi connectivity index (χ4v) is 2.89. The first-order chi connectivity index (χ1) is 9.39. The minimum atomic E-state index is -0.961. The number of carboxylic acid groups (broad SMARTS) is 1. The second kappa shape index (κ2) is 5.74. The number of benzene rings is 1. The number of halogens is 1. The van der Waals surface area contributed by atoms with Gasteiger partial charge in [0, 0.05) is 23.0 Å². The molecule has 1 saturated heterocycles. The van der Waals surface area contributed by atoms with Crippen molar-refractivity contribution in [2.45, 2.75) is 44.2 Å². The number of carboxylic acids is 1. The van der Waals surface area contributed by atoms with Gasteiger partial charge in [-0.1, -0.05) is 22.9 Å². The van der Waals surface area contributed by atoms with Crippen LogP contribution in [0.4, 0.5) is 5.69 Å². The van der Waals surface area contributed by atoms with Gasteiger partial charge in [-0.2, -0.15) is 0 Å². The zero-order chi connectivity index (χ0) is 14.8. The molecule has 1 aliphatic rings. The van der Waals surface area contributed by atoms with Gasteiger partial charge in [0.05, 0.1) is 12.2 Å². The van der Waals surface area contributed by atoms with E-state index in [1.54, 1.807) is 0 Å². The lowest BCUT2D eigenvalue weighted by atomic mass is 9.79. The van der Waals surface area contributed by atoms with Crippen molar-refractivity contribution < 1.29 is 14.6 Å². The average Bonchev–Trinajstić information content (AvgIpc) is 2.41. The van der Waals surface area contributed by atoms with E-state index in [0.717, 1.165) is 16.6 Å². The predicted octanol–water partition coefficient (Wildman–Crippen LogP) is 3.66. The lowest BCUT2D eigenvalue weighted by Crippen LogP contribution is -2.56. The molecule has 0 spiro atoms. The van der Waals surface area contributed by atoms with E-state index in [2.05, 4.69) is 21.2 Å². The van der Waals surface area contributed by atoms with Crippen LogP contribution < -0.4 is 5.32 Å². The molecule has 0 aromatic heterocycles. The minimum Gasteiger partial charge on any atom is -0.480 e. The van der Waals surface area contributed by atoms with Crippen LogP contribution in [-0.4, -0.2) is 28.8 Å². The highest BCUT2D eigenvalue weighted by Crippen LogP contribution is 2.37. The van der Waals surface area contributed by atoms with Crippen LogP contribution in [0.25, 0.3) is 0 Å². The van der Waals surface area contributed by atoms with E-state index >= 15 is 0 Å². The van der Waals surface area contributed by atoms with Crippen molar-refractivity contribution in [3.05, 3.63) is 28.7 Å². The van der Waals surface area contributed by atoms with Gasteiger partial charge in [0.25, 0.3) is 0 Å². The summed E-state index contributed by atoms with van der Waals surface area (Å²) >= 11 is 3.38. The Hall–Kier alpha value is -1.07. The van der Waals surface area contributed by atoms with Crippen molar-refractivity contribution in [2.75, 3.05) is 11.9 Å². The Morgan fingerprint density at radius 1 is 1.45 bits per heavy atom. The topological polar surface area (TPSA) is 58.6 Å². The van der Waals surface area contributed by atoms with Crippen molar-refractivity contribution in [1.82, 2.24) is 0 Å². The molecule has 2 atom stereocenters. The molecule has 1 fully saturated rings. The smallest absolute Gasteiger partial charge is 0.329 e. The Bertz CT molecular complexity index is 490. The number of hydrogen-bond acceptors (Lipinski definition) is 3. The van der Waals surface area contributed by atoms with Crippen LogP contribution in [0.1, 0.15) is 33.1 Å². The van der Waals surface area contributed by atoms with Crippen LogP contribution in [0, 0.1) is 0 Å². The minimum absolute atomic E-state index is 0.390. The number of aliphatic carboxylic acids is 1. The third-order valence-electron chi connectivity index (χ3n) is 4.04. The lowest BCUT2D eigenvalue weighted by molar-refractivity contribution is -0.154. The van der Waals surface area contributed by atoms with E-state index in [1.807, 2.05) is 38.1 Å². The van der Waals surface area contributed by atoms with Gasteiger partial charge < -0.3 is 15.2 Å². The third-order valence-corrected chi connectivity index (χ3v) is 4.57. The Morgan fingerprint density at radius 3 is 2.65 bits per heavy atom. The summed E-state index contributed by atoms with van der Waals surface area (Å²) in [7, 11) is 0. The van der Waals surface area contributed by atoms with Gasteiger partial charge in [-0.15, -0.1) is 0 Å². The zero-order valence-electron chi connectivity index (χ0n) is 11.8. The Balaban J connectivity index is 2.26. The Morgan fingerprint density at radius 2 is 2.10 bits per heavy atom. The summed E-state index contributed by atoms with van der Waals surface area (Å²) in [6, 6.07) is 7.56. The molecule has 0 bridgehead atoms. The molecule has 20 heavy (non-hydrogen) atoms. The van der Waals surface area contributed by atoms with Gasteiger partial charge in [0.2, 0.25) is 0 Å². The number of carbonyl (C=O) groups is 1. The van der Waals surface area contributed by atoms with Gasteiger partial charge >= 0.3 is 5.97 Å². The highest BCUT2D eigenvalue weighted by atomic mass is 79.9. The van der Waals surface area contributed by atoms with Crippen molar-refractivity contribution in [2.24, 2.45) is 0 Å². The van der Waals surface area contributed by atoms with Crippen LogP contribution in [0.3, 0.4) is 0 Å². The molecule has 0 amide bonds. The van der Waals surface area contributed by atoms with Gasteiger partial charge in [-0.25, -0.2) is 4.79 Å². The van der Waals surface area contributed by atoms with E-state index in [9.17, 15) is 9.90 Å². The highest BCUT2D eigenvalue weighted by Gasteiger charge is 2.47. The van der Waals surface area contributed by atoms with Crippen LogP contribution in [0.15, 0.2) is 28.7 Å². The average molecular weight is 342 g/mol. The van der Waals surface area contributed by atoms with E-state index in [4.69, 9.17) is 4.74 Å². The first kappa shape index (κ1) is 15.3. The first-order valence-electron chi connectivity index (χ1n) is 6.80. The number of ether oxygens (including phenoxy) is 1. The van der Waals surface area contributed by atoms with Crippen LogP contribution in [-0.2, 0) is 9.53 Å². The normalized spacial score (nSPS) is 29.9. The zero-order valence-corrected chi connectivity index (χ0v) is 13.4. The maximum Gasteiger partial charge on any atom is 0.329 e. The molecule has 0 saturated carbocycles. The molecule has 4 nitrogen and oxygen atoms in total. The summed E-state index contributed by atoms with van der Waals surface area (Å²) in [5.74, 6) is -0.816. The van der Waals surface area contributed by atoms with Gasteiger partial charge in [-0.05, 0) is 37.6 Å². The van der Waals surface area contributed by atoms with Crippen molar-refractivity contribution in [3.8, 4) is 0 Å². The number of hydrogen-bond donors (Lipinski definition) is 2. The molecule has 110 valence electrons. The van der Waals surface area contributed by atoms with Crippen molar-refractivity contribution in [1.29, 1.82) is 0 Å². The van der Waals surface area contributed by atoms with Crippen LogP contribution >= 0.6 is 15.9 Å². The molecule has 1 aromatic rings. The maximum absolute atomic E-state index is 11.8. The molecule has 1 aliphatic heterocycles. The highest BCUT2D eigenvalue weighted by molar-refractivity contribution is 9.10. The van der Waals surface area contributed by atoms with Gasteiger partial charge in [0.15, 0.2) is 0 Å². The largest absolute Gasteiger partial charge is 0.480 e. The van der Waals surface area contributed by atoms with Gasteiger partial charge in [0.1, 0.15) is 5.54 Å². The molecule has 5 heteroatoms. The molecule has 1 heterocycles. The van der Waals surface area contributed by atoms with Crippen molar-refractivity contribution in [3.63, 3.8) is 0 Å². The molecule has 2 rings (SSSR count). The quantitative estimate of drug-likeness (QED) is 0.877. The molecular formula is C15H20BrNO3. The Kier molecular flexibility index (Phi) is 4.39. The third kappa shape index (κ3) is 3.15. The van der Waals surface area contributed by atoms with E-state index < -0.39 is 11.5 Å². The molecule has 2 unspecified atom stereocenters. The molecular weight excluding hydrogens is 322 g/mol. The van der Waals surface area contributed by atoms with Gasteiger partial charge in [-0.3, -0.25) is 0 Å². The summed E-state index contributed by atoms with van der Waals surface area (Å²) < 4.78 is 6.74. The van der Waals surface area contributed by atoms with E-state index in [0.29, 0.717) is 19.4 Å². The Labute approximate surface area is 127 Å². The number of rotatable bonds is 4. The fraction of sp³-hybridized carbons (Fsp3) is 0.533. The van der Waals surface area contributed by atoms with E-state index in [-0.39, 0.29) is 5.60 Å². The fourth-order valence-electron chi connectivity index (χ4n) is 2.63. The maximum atomic E-state index is 11.8. The molecule has 0 radical (unpaired) electrons. The van der Waals surface area contributed by atoms with Crippen LogP contribution in [0.2, 0.25) is 0 Å². The predicted molar refractivity (Wildman–Crippen MR) is 82.0 cm³/mol. The monoisotopic (exact) mass is 341 g/mol.